The molecule has 2 aliphatic heterocycles. The highest BCUT2D eigenvalue weighted by Crippen LogP contribution is 2.29. The van der Waals surface area contributed by atoms with Gasteiger partial charge < -0.3 is 25.2 Å². The van der Waals surface area contributed by atoms with Crippen LogP contribution in [0.4, 0.5) is 17.1 Å². The van der Waals surface area contributed by atoms with Crippen molar-refractivity contribution in [2.75, 3.05) is 42.3 Å². The number of rotatable bonds is 7. The topological polar surface area (TPSA) is 108 Å². The van der Waals surface area contributed by atoms with E-state index in [4.69, 9.17) is 4.74 Å². The van der Waals surface area contributed by atoms with Crippen molar-refractivity contribution in [3.05, 3.63) is 83.9 Å². The molecule has 9 nitrogen and oxygen atoms in total. The lowest BCUT2D eigenvalue weighted by molar-refractivity contribution is -0.138. The predicted molar refractivity (Wildman–Crippen MR) is 157 cm³/mol. The van der Waals surface area contributed by atoms with Gasteiger partial charge in [0.05, 0.1) is 24.3 Å². The van der Waals surface area contributed by atoms with Crippen LogP contribution in [0.15, 0.2) is 72.8 Å². The summed E-state index contributed by atoms with van der Waals surface area (Å²) in [5.41, 5.74) is 3.32. The summed E-state index contributed by atoms with van der Waals surface area (Å²) in [4.78, 5) is 55.5. The summed E-state index contributed by atoms with van der Waals surface area (Å²) < 4.78 is 5.16. The molecule has 3 aromatic carbocycles. The van der Waals surface area contributed by atoms with Crippen LogP contribution in [0.1, 0.15) is 35.2 Å². The molecule has 0 bridgehead atoms. The molecule has 212 valence electrons. The van der Waals surface area contributed by atoms with Crippen LogP contribution in [0.2, 0.25) is 0 Å². The molecule has 5 rings (SSSR count). The van der Waals surface area contributed by atoms with Gasteiger partial charge in [-0.15, -0.1) is 0 Å². The Kier molecular flexibility index (Phi) is 8.33. The number of carbonyl (C=O) groups is 4. The lowest BCUT2D eigenvalue weighted by Gasteiger charge is -2.33. The molecule has 2 aliphatic rings. The predicted octanol–water partition coefficient (Wildman–Crippen LogP) is 4.49. The van der Waals surface area contributed by atoms with Crippen molar-refractivity contribution in [1.82, 2.24) is 4.90 Å². The molecule has 1 atom stereocenters. The number of nitrogens with one attached hydrogen (secondary N) is 2. The van der Waals surface area contributed by atoms with Crippen LogP contribution in [0.25, 0.3) is 0 Å². The van der Waals surface area contributed by atoms with E-state index >= 15 is 0 Å². The molecule has 0 aromatic heterocycles. The minimum absolute atomic E-state index is 0.0348. The summed E-state index contributed by atoms with van der Waals surface area (Å²) in [6, 6.07) is 21.6. The molecule has 0 radical (unpaired) electrons. The first kappa shape index (κ1) is 27.9. The third kappa shape index (κ3) is 6.40. The highest BCUT2D eigenvalue weighted by atomic mass is 16.5. The Balaban J connectivity index is 1.15. The zero-order valence-electron chi connectivity index (χ0n) is 23.3. The third-order valence-electron chi connectivity index (χ3n) is 7.77. The van der Waals surface area contributed by atoms with E-state index in [1.807, 2.05) is 31.2 Å². The number of aryl methyl sites for hydroxylation is 1. The summed E-state index contributed by atoms with van der Waals surface area (Å²) in [7, 11) is 1.58. The van der Waals surface area contributed by atoms with Gasteiger partial charge in [-0.25, -0.2) is 0 Å². The second-order valence-corrected chi connectivity index (χ2v) is 10.6. The first-order chi connectivity index (χ1) is 19.8. The van der Waals surface area contributed by atoms with Gasteiger partial charge in [-0.3, -0.25) is 19.2 Å². The summed E-state index contributed by atoms with van der Waals surface area (Å²) in [6.07, 6.45) is 1.22. The smallest absolute Gasteiger partial charge is 0.257 e. The highest BCUT2D eigenvalue weighted by Gasteiger charge is 2.38. The maximum Gasteiger partial charge on any atom is 0.257 e. The molecule has 1 unspecified atom stereocenters. The Labute approximate surface area is 239 Å². The molecule has 2 N–H and O–H groups in total. The molecule has 2 heterocycles. The minimum atomic E-state index is -0.384. The number of hydrogen-bond acceptors (Lipinski definition) is 5. The molecule has 41 heavy (non-hydrogen) atoms. The molecule has 0 spiro atoms. The van der Waals surface area contributed by atoms with E-state index in [0.717, 1.165) is 11.3 Å². The molecule has 3 aromatic rings. The number of likely N-dealkylation sites (tertiary alicyclic amines) is 1. The Morgan fingerprint density at radius 2 is 1.54 bits per heavy atom. The molecular weight excluding hydrogens is 520 g/mol. The van der Waals surface area contributed by atoms with Crippen LogP contribution in [0.5, 0.6) is 5.75 Å². The number of hydrogen-bond donors (Lipinski definition) is 2. The van der Waals surface area contributed by atoms with Crippen LogP contribution in [0.3, 0.4) is 0 Å². The lowest BCUT2D eigenvalue weighted by Crippen LogP contribution is -2.44. The number of ether oxygens (including phenoxy) is 1. The van der Waals surface area contributed by atoms with Crippen LogP contribution >= 0.6 is 0 Å². The van der Waals surface area contributed by atoms with Gasteiger partial charge in [0.15, 0.2) is 0 Å². The number of amides is 4. The van der Waals surface area contributed by atoms with Crippen LogP contribution in [-0.2, 0) is 14.4 Å². The second-order valence-electron chi connectivity index (χ2n) is 10.6. The van der Waals surface area contributed by atoms with E-state index in [1.54, 1.807) is 65.4 Å². The van der Waals surface area contributed by atoms with Gasteiger partial charge in [0.2, 0.25) is 17.7 Å². The number of piperidine rings is 1. The number of anilines is 3. The fourth-order valence-corrected chi connectivity index (χ4v) is 5.37. The van der Waals surface area contributed by atoms with Gasteiger partial charge in [0, 0.05) is 43.3 Å². The molecule has 0 aliphatic carbocycles. The van der Waals surface area contributed by atoms with Crippen molar-refractivity contribution in [3.8, 4) is 5.75 Å². The first-order valence-electron chi connectivity index (χ1n) is 13.8. The van der Waals surface area contributed by atoms with Crippen molar-refractivity contribution < 1.29 is 23.9 Å². The molecule has 0 saturated carbocycles. The van der Waals surface area contributed by atoms with Gasteiger partial charge in [-0.2, -0.15) is 0 Å². The van der Waals surface area contributed by atoms with Crippen molar-refractivity contribution in [1.29, 1.82) is 0 Å². The molecule has 2 saturated heterocycles. The van der Waals surface area contributed by atoms with Crippen molar-refractivity contribution >= 4 is 40.7 Å². The van der Waals surface area contributed by atoms with E-state index in [1.165, 1.54) is 0 Å². The minimum Gasteiger partial charge on any atom is -0.497 e. The monoisotopic (exact) mass is 554 g/mol. The molecule has 4 amide bonds. The maximum absolute atomic E-state index is 13.2. The summed E-state index contributed by atoms with van der Waals surface area (Å²) in [5.74, 6) is -0.579. The quantitative estimate of drug-likeness (QED) is 0.448. The first-order valence-corrected chi connectivity index (χ1v) is 13.8. The van der Waals surface area contributed by atoms with Crippen LogP contribution in [0, 0.1) is 18.8 Å². The summed E-state index contributed by atoms with van der Waals surface area (Å²) in [5, 5.41) is 5.77. The van der Waals surface area contributed by atoms with E-state index in [0.29, 0.717) is 55.2 Å². The standard InChI is InChI=1S/C32H34N4O5/c1-21-7-11-25(12-8-21)36-20-23(19-29(36)37)32(40)35-17-15-22(16-18-35)30(38)34-28-6-4-3-5-27(28)31(39)33-24-9-13-26(41-2)14-10-24/h3-14,22-23H,15-20H2,1-2H3,(H,33,39)(H,34,38). The van der Waals surface area contributed by atoms with E-state index in [9.17, 15) is 19.2 Å². The van der Waals surface area contributed by atoms with Crippen molar-refractivity contribution in [2.45, 2.75) is 26.2 Å². The molecular formula is C32H34N4O5. The highest BCUT2D eigenvalue weighted by molar-refractivity contribution is 6.10. The molecule has 2 fully saturated rings. The van der Waals surface area contributed by atoms with Gasteiger partial charge in [-0.1, -0.05) is 29.8 Å². The summed E-state index contributed by atoms with van der Waals surface area (Å²) >= 11 is 0. The normalized spacial score (nSPS) is 17.3. The Morgan fingerprint density at radius 1 is 0.854 bits per heavy atom. The SMILES string of the molecule is COc1ccc(NC(=O)c2ccccc2NC(=O)C2CCN(C(=O)C3CC(=O)N(c4ccc(C)cc4)C3)CC2)cc1. The zero-order valence-corrected chi connectivity index (χ0v) is 23.3. The maximum atomic E-state index is 13.2. The van der Waals surface area contributed by atoms with E-state index < -0.39 is 0 Å². The van der Waals surface area contributed by atoms with Gasteiger partial charge in [-0.05, 0) is 68.3 Å². The fourth-order valence-electron chi connectivity index (χ4n) is 5.37. The van der Waals surface area contributed by atoms with Crippen LogP contribution in [-0.4, -0.2) is 55.3 Å². The van der Waals surface area contributed by atoms with E-state index in [-0.39, 0.29) is 41.9 Å². The average Bonchev–Trinajstić information content (AvgIpc) is 3.39. The largest absolute Gasteiger partial charge is 0.497 e. The number of para-hydroxylation sites is 1. The number of carbonyl (C=O) groups excluding carboxylic acids is 4. The summed E-state index contributed by atoms with van der Waals surface area (Å²) in [6.45, 7) is 3.26. The average molecular weight is 555 g/mol. The molecule has 9 heteroatoms. The number of benzene rings is 3. The van der Waals surface area contributed by atoms with Gasteiger partial charge in [0.1, 0.15) is 5.75 Å². The Hall–Kier alpha value is -4.66. The Bertz CT molecular complexity index is 1430. The van der Waals surface area contributed by atoms with Crippen molar-refractivity contribution in [2.24, 2.45) is 11.8 Å². The van der Waals surface area contributed by atoms with E-state index in [2.05, 4.69) is 10.6 Å². The van der Waals surface area contributed by atoms with Gasteiger partial charge >= 0.3 is 0 Å². The zero-order chi connectivity index (χ0) is 28.9. The Morgan fingerprint density at radius 3 is 2.22 bits per heavy atom. The number of methoxy groups -OCH3 is 1. The van der Waals surface area contributed by atoms with Gasteiger partial charge in [0.25, 0.3) is 5.91 Å². The van der Waals surface area contributed by atoms with Crippen LogP contribution < -0.4 is 20.3 Å². The fraction of sp³-hybridized carbons (Fsp3) is 0.312. The second kappa shape index (κ2) is 12.2. The third-order valence-corrected chi connectivity index (χ3v) is 7.77. The van der Waals surface area contributed by atoms with Crippen molar-refractivity contribution in [3.63, 3.8) is 0 Å². The number of nitrogens with zero attached hydrogens (tertiary/aromatic N) is 2. The lowest BCUT2D eigenvalue weighted by atomic mass is 9.94.